The molecule has 0 heterocycles. The fraction of sp³-hybridized carbons (Fsp3) is 1.00. The molecule has 0 unspecified atom stereocenters. The highest BCUT2D eigenvalue weighted by atomic mass is 32.2. The van der Waals surface area contributed by atoms with E-state index >= 15 is 0 Å². The molecular weight excluding hydrogens is 182 g/mol. The quantitative estimate of drug-likeness (QED) is 0.647. The number of ether oxygens (including phenoxy) is 1. The number of hydrogen-bond acceptors (Lipinski definition) is 3. The summed E-state index contributed by atoms with van der Waals surface area (Å²) >= 11 is 1.91. The van der Waals surface area contributed by atoms with E-state index in [2.05, 4.69) is 20.8 Å². The number of rotatable bonds is 7. The van der Waals surface area contributed by atoms with Crippen LogP contribution in [-0.4, -0.2) is 31.3 Å². The minimum atomic E-state index is 0.296. The van der Waals surface area contributed by atoms with Gasteiger partial charge in [0.25, 0.3) is 0 Å². The van der Waals surface area contributed by atoms with Crippen molar-refractivity contribution in [2.24, 2.45) is 11.1 Å². The molecule has 0 amide bonds. The SMILES string of the molecule is CC(C)(C)COCCCSCCN. The van der Waals surface area contributed by atoms with Crippen LogP contribution in [0, 0.1) is 5.41 Å². The Morgan fingerprint density at radius 1 is 1.23 bits per heavy atom. The van der Waals surface area contributed by atoms with Crippen LogP contribution in [-0.2, 0) is 4.74 Å². The van der Waals surface area contributed by atoms with E-state index in [9.17, 15) is 0 Å². The van der Waals surface area contributed by atoms with Gasteiger partial charge >= 0.3 is 0 Å². The van der Waals surface area contributed by atoms with Crippen LogP contribution in [0.3, 0.4) is 0 Å². The fourth-order valence-electron chi connectivity index (χ4n) is 0.827. The fourth-order valence-corrected chi connectivity index (χ4v) is 1.52. The van der Waals surface area contributed by atoms with Gasteiger partial charge in [0.1, 0.15) is 0 Å². The average Bonchev–Trinajstić information content (AvgIpc) is 2.01. The number of hydrogen-bond donors (Lipinski definition) is 1. The normalized spacial score (nSPS) is 12.0. The summed E-state index contributed by atoms with van der Waals surface area (Å²) in [5, 5.41) is 0. The van der Waals surface area contributed by atoms with Gasteiger partial charge < -0.3 is 10.5 Å². The Morgan fingerprint density at radius 3 is 2.46 bits per heavy atom. The summed E-state index contributed by atoms with van der Waals surface area (Å²) < 4.78 is 5.53. The van der Waals surface area contributed by atoms with Gasteiger partial charge in [0.15, 0.2) is 0 Å². The lowest BCUT2D eigenvalue weighted by Gasteiger charge is -2.17. The molecule has 0 aliphatic heterocycles. The van der Waals surface area contributed by atoms with E-state index in [1.54, 1.807) is 0 Å². The van der Waals surface area contributed by atoms with Crippen molar-refractivity contribution in [1.29, 1.82) is 0 Å². The van der Waals surface area contributed by atoms with Crippen LogP contribution in [0.5, 0.6) is 0 Å². The zero-order chi connectivity index (χ0) is 10.2. The minimum Gasteiger partial charge on any atom is -0.381 e. The Morgan fingerprint density at radius 2 is 1.92 bits per heavy atom. The zero-order valence-corrected chi connectivity index (χ0v) is 9.95. The summed E-state index contributed by atoms with van der Waals surface area (Å²) in [6.45, 7) is 9.10. The first-order valence-corrected chi connectivity index (χ1v) is 6.07. The maximum Gasteiger partial charge on any atom is 0.0514 e. The van der Waals surface area contributed by atoms with Crippen molar-refractivity contribution in [3.8, 4) is 0 Å². The molecule has 80 valence electrons. The molecule has 2 nitrogen and oxygen atoms in total. The van der Waals surface area contributed by atoms with Crippen molar-refractivity contribution in [2.45, 2.75) is 27.2 Å². The second-order valence-corrected chi connectivity index (χ2v) is 5.59. The van der Waals surface area contributed by atoms with E-state index in [4.69, 9.17) is 10.5 Å². The topological polar surface area (TPSA) is 35.2 Å². The van der Waals surface area contributed by atoms with Gasteiger partial charge in [0.05, 0.1) is 6.61 Å². The predicted molar refractivity (Wildman–Crippen MR) is 61.3 cm³/mol. The van der Waals surface area contributed by atoms with Gasteiger partial charge in [0.2, 0.25) is 0 Å². The highest BCUT2D eigenvalue weighted by Crippen LogP contribution is 2.13. The van der Waals surface area contributed by atoms with Crippen molar-refractivity contribution < 1.29 is 4.74 Å². The molecule has 0 aromatic heterocycles. The molecule has 0 aromatic carbocycles. The number of nitrogens with two attached hydrogens (primary N) is 1. The molecule has 0 saturated heterocycles. The molecule has 13 heavy (non-hydrogen) atoms. The van der Waals surface area contributed by atoms with E-state index in [0.29, 0.717) is 5.41 Å². The largest absolute Gasteiger partial charge is 0.381 e. The summed E-state index contributed by atoms with van der Waals surface area (Å²) in [6, 6.07) is 0. The summed E-state index contributed by atoms with van der Waals surface area (Å²) in [5.41, 5.74) is 5.67. The highest BCUT2D eigenvalue weighted by molar-refractivity contribution is 7.99. The summed E-state index contributed by atoms with van der Waals surface area (Å²) in [5.74, 6) is 2.24. The molecule has 0 aliphatic rings. The monoisotopic (exact) mass is 205 g/mol. The molecule has 3 heteroatoms. The molecule has 0 spiro atoms. The van der Waals surface area contributed by atoms with Crippen LogP contribution < -0.4 is 5.73 Å². The number of thioether (sulfide) groups is 1. The maximum absolute atomic E-state index is 5.53. The van der Waals surface area contributed by atoms with Crippen molar-refractivity contribution in [3.05, 3.63) is 0 Å². The third-order valence-electron chi connectivity index (χ3n) is 1.37. The molecular formula is C10H23NOS. The van der Waals surface area contributed by atoms with Crippen LogP contribution in [0.15, 0.2) is 0 Å². The molecule has 0 rings (SSSR count). The lowest BCUT2D eigenvalue weighted by atomic mass is 9.99. The van der Waals surface area contributed by atoms with Crippen molar-refractivity contribution >= 4 is 11.8 Å². The summed E-state index contributed by atoms with van der Waals surface area (Å²) in [4.78, 5) is 0. The molecule has 0 fully saturated rings. The summed E-state index contributed by atoms with van der Waals surface area (Å²) in [6.07, 6.45) is 1.14. The van der Waals surface area contributed by atoms with E-state index in [1.165, 1.54) is 5.75 Å². The second-order valence-electron chi connectivity index (χ2n) is 4.37. The molecule has 0 aliphatic carbocycles. The van der Waals surface area contributed by atoms with Crippen molar-refractivity contribution in [2.75, 3.05) is 31.3 Å². The maximum atomic E-state index is 5.53. The van der Waals surface area contributed by atoms with Gasteiger partial charge in [-0.25, -0.2) is 0 Å². The van der Waals surface area contributed by atoms with Crippen LogP contribution in [0.1, 0.15) is 27.2 Å². The summed E-state index contributed by atoms with van der Waals surface area (Å²) in [7, 11) is 0. The molecule has 0 radical (unpaired) electrons. The lowest BCUT2D eigenvalue weighted by Crippen LogP contribution is -2.15. The Balaban J connectivity index is 3.00. The first-order valence-electron chi connectivity index (χ1n) is 4.92. The van der Waals surface area contributed by atoms with Crippen LogP contribution in [0.2, 0.25) is 0 Å². The molecule has 0 saturated carbocycles. The third-order valence-corrected chi connectivity index (χ3v) is 2.48. The smallest absolute Gasteiger partial charge is 0.0514 e. The van der Waals surface area contributed by atoms with Gasteiger partial charge in [-0.05, 0) is 17.6 Å². The second kappa shape index (κ2) is 7.65. The first-order chi connectivity index (χ1) is 6.06. The van der Waals surface area contributed by atoms with E-state index in [-0.39, 0.29) is 0 Å². The van der Waals surface area contributed by atoms with Crippen LogP contribution in [0.4, 0.5) is 0 Å². The first kappa shape index (κ1) is 13.3. The molecule has 0 aromatic rings. The van der Waals surface area contributed by atoms with Crippen LogP contribution >= 0.6 is 11.8 Å². The minimum absolute atomic E-state index is 0.296. The third kappa shape index (κ3) is 12.3. The van der Waals surface area contributed by atoms with Crippen LogP contribution in [0.25, 0.3) is 0 Å². The van der Waals surface area contributed by atoms with Gasteiger partial charge in [-0.2, -0.15) is 11.8 Å². The van der Waals surface area contributed by atoms with E-state index in [0.717, 1.165) is 31.9 Å². The Bertz CT molecular complexity index is 112. The van der Waals surface area contributed by atoms with Crippen molar-refractivity contribution in [1.82, 2.24) is 0 Å². The van der Waals surface area contributed by atoms with E-state index in [1.807, 2.05) is 11.8 Å². The zero-order valence-electron chi connectivity index (χ0n) is 9.14. The predicted octanol–water partition coefficient (Wildman–Crippen LogP) is 2.13. The lowest BCUT2D eigenvalue weighted by molar-refractivity contribution is 0.0722. The standard InChI is InChI=1S/C10H23NOS/c1-10(2,3)9-12-6-4-7-13-8-5-11/h4-9,11H2,1-3H3. The molecule has 2 N–H and O–H groups in total. The average molecular weight is 205 g/mol. The Hall–Kier alpha value is 0.270. The van der Waals surface area contributed by atoms with Gasteiger partial charge in [-0.1, -0.05) is 20.8 Å². The van der Waals surface area contributed by atoms with E-state index < -0.39 is 0 Å². The van der Waals surface area contributed by atoms with Gasteiger partial charge in [-0.3, -0.25) is 0 Å². The molecule has 0 bridgehead atoms. The Kier molecular flexibility index (Phi) is 7.81. The van der Waals surface area contributed by atoms with Gasteiger partial charge in [-0.15, -0.1) is 0 Å². The molecule has 0 atom stereocenters. The Labute approximate surface area is 86.6 Å². The van der Waals surface area contributed by atoms with Gasteiger partial charge in [0, 0.05) is 18.9 Å². The van der Waals surface area contributed by atoms with Crippen molar-refractivity contribution in [3.63, 3.8) is 0 Å². The highest BCUT2D eigenvalue weighted by Gasteiger charge is 2.09.